The third-order valence-corrected chi connectivity index (χ3v) is 4.77. The van der Waals surface area contributed by atoms with Crippen molar-refractivity contribution < 1.29 is 14.3 Å². The molecule has 0 unspecified atom stereocenters. The second-order valence-corrected chi connectivity index (χ2v) is 6.78. The Morgan fingerprint density at radius 2 is 1.83 bits per heavy atom. The molecule has 0 aliphatic rings. The number of fused-ring (bicyclic) bond motifs is 2. The van der Waals surface area contributed by atoms with Crippen molar-refractivity contribution in [1.82, 2.24) is 25.6 Å². The molecule has 8 heteroatoms. The van der Waals surface area contributed by atoms with Gasteiger partial charge in [-0.05, 0) is 53.6 Å². The zero-order chi connectivity index (χ0) is 21.1. The molecule has 3 N–H and O–H groups in total. The van der Waals surface area contributed by atoms with Crippen LogP contribution in [0.25, 0.3) is 16.4 Å². The molecular formula is C22H21N5O3. The number of ether oxygens (including phenoxy) is 1. The SMILES string of the molecule is COc1ccc2cc(CNC(=O)NNC(=O)c3c(C)nc4ccccn34)ccc2c1. The highest BCUT2D eigenvalue weighted by Gasteiger charge is 2.16. The Kier molecular flexibility index (Phi) is 5.21. The largest absolute Gasteiger partial charge is 0.497 e. The molecule has 0 bridgehead atoms. The van der Waals surface area contributed by atoms with Crippen LogP contribution in [0.5, 0.6) is 5.75 Å². The highest BCUT2D eigenvalue weighted by molar-refractivity contribution is 5.95. The van der Waals surface area contributed by atoms with Gasteiger partial charge in [0.2, 0.25) is 0 Å². The lowest BCUT2D eigenvalue weighted by atomic mass is 10.1. The highest BCUT2D eigenvalue weighted by Crippen LogP contribution is 2.21. The van der Waals surface area contributed by atoms with E-state index in [1.807, 2.05) is 54.6 Å². The Balaban J connectivity index is 1.35. The van der Waals surface area contributed by atoms with Gasteiger partial charge in [-0.3, -0.25) is 14.6 Å². The quantitative estimate of drug-likeness (QED) is 0.457. The number of nitrogens with zero attached hydrogens (tertiary/aromatic N) is 2. The first-order valence-electron chi connectivity index (χ1n) is 9.40. The standard InChI is InChI=1S/C22H21N5O3/c1-14-20(27-10-4-3-5-19(27)24-14)21(28)25-26-22(29)23-13-15-6-7-17-12-18(30-2)9-8-16(17)11-15/h3-12H,13H2,1-2H3,(H,25,28)(H2,23,26,29). The number of benzene rings is 2. The Hall–Kier alpha value is -4.07. The number of hydrogen-bond donors (Lipinski definition) is 3. The van der Waals surface area contributed by atoms with Gasteiger partial charge in [0.15, 0.2) is 0 Å². The molecule has 0 atom stereocenters. The van der Waals surface area contributed by atoms with Crippen molar-refractivity contribution in [3.05, 3.63) is 77.7 Å². The molecule has 0 aliphatic heterocycles. The summed E-state index contributed by atoms with van der Waals surface area (Å²) in [5.41, 5.74) is 7.35. The second-order valence-electron chi connectivity index (χ2n) is 6.78. The van der Waals surface area contributed by atoms with Gasteiger partial charge in [0.25, 0.3) is 5.91 Å². The predicted octanol–water partition coefficient (Wildman–Crippen LogP) is 2.95. The fourth-order valence-corrected chi connectivity index (χ4v) is 3.30. The monoisotopic (exact) mass is 403 g/mol. The van der Waals surface area contributed by atoms with Crippen molar-refractivity contribution >= 4 is 28.4 Å². The molecule has 3 amide bonds. The van der Waals surface area contributed by atoms with E-state index < -0.39 is 11.9 Å². The van der Waals surface area contributed by atoms with E-state index in [0.29, 0.717) is 23.6 Å². The molecule has 0 spiro atoms. The molecule has 0 saturated heterocycles. The summed E-state index contributed by atoms with van der Waals surface area (Å²) in [7, 11) is 1.63. The van der Waals surface area contributed by atoms with Crippen molar-refractivity contribution in [3.63, 3.8) is 0 Å². The maximum absolute atomic E-state index is 12.5. The molecule has 0 fully saturated rings. The van der Waals surface area contributed by atoms with Crippen molar-refractivity contribution in [2.45, 2.75) is 13.5 Å². The summed E-state index contributed by atoms with van der Waals surface area (Å²) >= 11 is 0. The van der Waals surface area contributed by atoms with Crippen molar-refractivity contribution in [2.75, 3.05) is 7.11 Å². The summed E-state index contributed by atoms with van der Waals surface area (Å²) in [4.78, 5) is 28.9. The van der Waals surface area contributed by atoms with Gasteiger partial charge in [0.1, 0.15) is 17.1 Å². The number of aromatic nitrogens is 2. The minimum Gasteiger partial charge on any atom is -0.497 e. The van der Waals surface area contributed by atoms with Gasteiger partial charge < -0.3 is 10.1 Å². The Labute approximate surface area is 172 Å². The number of pyridine rings is 1. The molecule has 2 heterocycles. The summed E-state index contributed by atoms with van der Waals surface area (Å²) in [5.74, 6) is 0.352. The number of imidazole rings is 1. The van der Waals surface area contributed by atoms with E-state index in [2.05, 4.69) is 21.2 Å². The van der Waals surface area contributed by atoms with E-state index in [1.54, 1.807) is 24.6 Å². The minimum absolute atomic E-state index is 0.318. The van der Waals surface area contributed by atoms with E-state index in [-0.39, 0.29) is 0 Å². The number of carbonyl (C=O) groups is 2. The number of carbonyl (C=O) groups excluding carboxylic acids is 2. The van der Waals surface area contributed by atoms with E-state index in [4.69, 9.17) is 4.74 Å². The van der Waals surface area contributed by atoms with Crippen molar-refractivity contribution in [3.8, 4) is 5.75 Å². The molecule has 2 aromatic carbocycles. The average molecular weight is 403 g/mol. The fraction of sp³-hybridized carbons (Fsp3) is 0.136. The van der Waals surface area contributed by atoms with E-state index >= 15 is 0 Å². The number of nitrogens with one attached hydrogen (secondary N) is 3. The number of methoxy groups -OCH3 is 1. The first-order valence-corrected chi connectivity index (χ1v) is 9.40. The summed E-state index contributed by atoms with van der Waals surface area (Å²) in [5, 5.41) is 4.83. The van der Waals surface area contributed by atoms with E-state index in [0.717, 1.165) is 22.1 Å². The van der Waals surface area contributed by atoms with Gasteiger partial charge in [-0.2, -0.15) is 0 Å². The maximum Gasteiger partial charge on any atom is 0.333 e. The molecule has 30 heavy (non-hydrogen) atoms. The van der Waals surface area contributed by atoms with Gasteiger partial charge in [-0.15, -0.1) is 0 Å². The first-order chi connectivity index (χ1) is 14.5. The van der Waals surface area contributed by atoms with Crippen molar-refractivity contribution in [1.29, 1.82) is 0 Å². The number of hydrogen-bond acceptors (Lipinski definition) is 4. The molecule has 8 nitrogen and oxygen atoms in total. The van der Waals surface area contributed by atoms with E-state index in [1.165, 1.54) is 0 Å². The van der Waals surface area contributed by atoms with Crippen LogP contribution in [-0.2, 0) is 6.54 Å². The molecule has 4 rings (SSSR count). The van der Waals surface area contributed by atoms with Crippen LogP contribution < -0.4 is 20.9 Å². The lowest BCUT2D eigenvalue weighted by Crippen LogP contribution is -2.47. The molecular weight excluding hydrogens is 382 g/mol. The zero-order valence-electron chi connectivity index (χ0n) is 16.6. The van der Waals surface area contributed by atoms with Gasteiger partial charge >= 0.3 is 6.03 Å². The van der Waals surface area contributed by atoms with Crippen molar-refractivity contribution in [2.24, 2.45) is 0 Å². The van der Waals surface area contributed by atoms with Gasteiger partial charge in [-0.1, -0.05) is 24.3 Å². The maximum atomic E-state index is 12.5. The summed E-state index contributed by atoms with van der Waals surface area (Å²) in [6.07, 6.45) is 1.75. The zero-order valence-corrected chi connectivity index (χ0v) is 16.6. The van der Waals surface area contributed by atoms with Crippen LogP contribution in [-0.4, -0.2) is 28.4 Å². The number of amides is 3. The van der Waals surface area contributed by atoms with Crippen LogP contribution in [0.1, 0.15) is 21.7 Å². The average Bonchev–Trinajstić information content (AvgIpc) is 3.11. The lowest BCUT2D eigenvalue weighted by molar-refractivity contribution is 0.0929. The molecule has 0 saturated carbocycles. The van der Waals surface area contributed by atoms with Gasteiger partial charge in [0.05, 0.1) is 12.8 Å². The van der Waals surface area contributed by atoms with Crippen LogP contribution >= 0.6 is 0 Å². The third kappa shape index (κ3) is 3.88. The fourth-order valence-electron chi connectivity index (χ4n) is 3.30. The minimum atomic E-state index is -0.510. The van der Waals surface area contributed by atoms with Gasteiger partial charge in [0, 0.05) is 12.7 Å². The van der Waals surface area contributed by atoms with Crippen LogP contribution in [0.15, 0.2) is 60.8 Å². The van der Waals surface area contributed by atoms with Crippen LogP contribution in [0, 0.1) is 6.92 Å². The summed E-state index contributed by atoms with van der Waals surface area (Å²) in [6, 6.07) is 16.7. The topological polar surface area (TPSA) is 96.8 Å². The lowest BCUT2D eigenvalue weighted by Gasteiger charge is -2.10. The van der Waals surface area contributed by atoms with E-state index in [9.17, 15) is 9.59 Å². The smallest absolute Gasteiger partial charge is 0.333 e. The molecule has 2 aromatic heterocycles. The number of hydrazine groups is 1. The van der Waals surface area contributed by atoms with Crippen LogP contribution in [0.4, 0.5) is 4.79 Å². The Bertz CT molecular complexity index is 1250. The second kappa shape index (κ2) is 8.12. The first kappa shape index (κ1) is 19.3. The highest BCUT2D eigenvalue weighted by atomic mass is 16.5. The summed E-state index contributed by atoms with van der Waals surface area (Å²) < 4.78 is 6.91. The predicted molar refractivity (Wildman–Crippen MR) is 113 cm³/mol. The van der Waals surface area contributed by atoms with Crippen LogP contribution in [0.3, 0.4) is 0 Å². The van der Waals surface area contributed by atoms with Gasteiger partial charge in [-0.25, -0.2) is 15.2 Å². The third-order valence-electron chi connectivity index (χ3n) is 4.77. The normalized spacial score (nSPS) is 10.7. The molecule has 4 aromatic rings. The molecule has 0 radical (unpaired) electrons. The molecule has 0 aliphatic carbocycles. The number of urea groups is 1. The number of aryl methyl sites for hydroxylation is 1. The Morgan fingerprint density at radius 1 is 1.03 bits per heavy atom. The molecule has 152 valence electrons. The summed E-state index contributed by atoms with van der Waals surface area (Å²) in [6.45, 7) is 2.07. The Morgan fingerprint density at radius 3 is 2.67 bits per heavy atom. The number of rotatable bonds is 4. The van der Waals surface area contributed by atoms with Crippen LogP contribution in [0.2, 0.25) is 0 Å².